The van der Waals surface area contributed by atoms with Gasteiger partial charge in [0.25, 0.3) is 0 Å². The van der Waals surface area contributed by atoms with Gasteiger partial charge in [0.05, 0.1) is 19.3 Å². The van der Waals surface area contributed by atoms with Crippen LogP contribution in [-0.2, 0) is 9.53 Å². The monoisotopic (exact) mass is 315 g/mol. The van der Waals surface area contributed by atoms with Gasteiger partial charge in [-0.05, 0) is 37.2 Å². The zero-order valence-electron chi connectivity index (χ0n) is 13.1. The highest BCUT2D eigenvalue weighted by atomic mass is 32.2. The minimum Gasteiger partial charge on any atom is -0.379 e. The molecule has 21 heavy (non-hydrogen) atoms. The van der Waals surface area contributed by atoms with Gasteiger partial charge in [-0.25, -0.2) is 0 Å². The van der Waals surface area contributed by atoms with E-state index in [4.69, 9.17) is 10.5 Å². The van der Waals surface area contributed by atoms with Crippen LogP contribution in [0.4, 0.5) is 0 Å². The second-order valence-electron chi connectivity index (χ2n) is 6.09. The average molecular weight is 315 g/mol. The molecule has 1 unspecified atom stereocenters. The van der Waals surface area contributed by atoms with Gasteiger partial charge in [-0.15, -0.1) is 0 Å². The molecule has 2 saturated heterocycles. The first kappa shape index (κ1) is 17.1. The van der Waals surface area contributed by atoms with E-state index in [-0.39, 0.29) is 11.9 Å². The largest absolute Gasteiger partial charge is 0.379 e. The fourth-order valence-electron chi connectivity index (χ4n) is 3.17. The Morgan fingerprint density at radius 3 is 2.86 bits per heavy atom. The summed E-state index contributed by atoms with van der Waals surface area (Å²) in [5, 5.41) is 0. The third kappa shape index (κ3) is 5.43. The summed E-state index contributed by atoms with van der Waals surface area (Å²) in [6.45, 7) is 6.58. The van der Waals surface area contributed by atoms with Crippen LogP contribution in [0.1, 0.15) is 19.3 Å². The van der Waals surface area contributed by atoms with Crippen LogP contribution in [0.25, 0.3) is 0 Å². The smallest absolute Gasteiger partial charge is 0.239 e. The highest BCUT2D eigenvalue weighted by molar-refractivity contribution is 7.98. The summed E-state index contributed by atoms with van der Waals surface area (Å²) in [5.74, 6) is 1.70. The van der Waals surface area contributed by atoms with E-state index in [2.05, 4.69) is 11.2 Å². The summed E-state index contributed by atoms with van der Waals surface area (Å²) in [5.41, 5.74) is 6.03. The summed E-state index contributed by atoms with van der Waals surface area (Å²) in [7, 11) is 0. The molecule has 0 aliphatic carbocycles. The lowest BCUT2D eigenvalue weighted by atomic mass is 9.96. The highest BCUT2D eigenvalue weighted by Gasteiger charge is 2.28. The lowest BCUT2D eigenvalue weighted by molar-refractivity contribution is -0.134. The van der Waals surface area contributed by atoms with Gasteiger partial charge in [0, 0.05) is 32.7 Å². The maximum atomic E-state index is 12.4. The molecule has 2 atom stereocenters. The normalized spacial score (nSPS) is 25.8. The first-order valence-electron chi connectivity index (χ1n) is 8.04. The van der Waals surface area contributed by atoms with Crippen LogP contribution in [0.15, 0.2) is 0 Å². The number of hydrogen-bond donors (Lipinski definition) is 1. The maximum absolute atomic E-state index is 12.4. The minimum atomic E-state index is -0.320. The number of hydrogen-bond acceptors (Lipinski definition) is 5. The van der Waals surface area contributed by atoms with Gasteiger partial charge in [-0.2, -0.15) is 11.8 Å². The Morgan fingerprint density at radius 2 is 2.14 bits per heavy atom. The average Bonchev–Trinajstić information content (AvgIpc) is 2.53. The van der Waals surface area contributed by atoms with Gasteiger partial charge < -0.3 is 15.4 Å². The van der Waals surface area contributed by atoms with E-state index in [0.29, 0.717) is 5.92 Å². The van der Waals surface area contributed by atoms with E-state index < -0.39 is 0 Å². The van der Waals surface area contributed by atoms with Crippen molar-refractivity contribution in [3.8, 4) is 0 Å². The topological polar surface area (TPSA) is 58.8 Å². The molecule has 2 rings (SSSR count). The summed E-state index contributed by atoms with van der Waals surface area (Å²) < 4.78 is 5.39. The number of carbonyl (C=O) groups is 1. The number of likely N-dealkylation sites (tertiary alicyclic amines) is 1. The van der Waals surface area contributed by atoms with Gasteiger partial charge in [0.15, 0.2) is 0 Å². The van der Waals surface area contributed by atoms with Crippen molar-refractivity contribution in [2.75, 3.05) is 57.9 Å². The van der Waals surface area contributed by atoms with Crippen LogP contribution in [-0.4, -0.2) is 79.7 Å². The third-order valence-corrected chi connectivity index (χ3v) is 5.04. The lowest BCUT2D eigenvalue weighted by Gasteiger charge is -2.37. The van der Waals surface area contributed by atoms with Crippen LogP contribution in [0.2, 0.25) is 0 Å². The molecule has 0 spiro atoms. The van der Waals surface area contributed by atoms with Crippen molar-refractivity contribution in [1.29, 1.82) is 0 Å². The molecule has 5 nitrogen and oxygen atoms in total. The Morgan fingerprint density at radius 1 is 1.38 bits per heavy atom. The van der Waals surface area contributed by atoms with Gasteiger partial charge in [-0.3, -0.25) is 9.69 Å². The summed E-state index contributed by atoms with van der Waals surface area (Å²) in [6.07, 6.45) is 5.16. The van der Waals surface area contributed by atoms with Crippen LogP contribution in [0.3, 0.4) is 0 Å². The van der Waals surface area contributed by atoms with E-state index in [1.54, 1.807) is 11.8 Å². The molecular formula is C15H29N3O2S. The molecule has 6 heteroatoms. The molecule has 2 fully saturated rings. The summed E-state index contributed by atoms with van der Waals surface area (Å²) in [4.78, 5) is 16.9. The molecular weight excluding hydrogens is 286 g/mol. The first-order chi connectivity index (χ1) is 10.2. The van der Waals surface area contributed by atoms with Crippen molar-refractivity contribution >= 4 is 17.7 Å². The molecule has 0 bridgehead atoms. The van der Waals surface area contributed by atoms with Crippen LogP contribution >= 0.6 is 11.8 Å². The Balaban J connectivity index is 1.77. The summed E-state index contributed by atoms with van der Waals surface area (Å²) in [6, 6.07) is -0.320. The van der Waals surface area contributed by atoms with Gasteiger partial charge >= 0.3 is 0 Å². The molecule has 1 amide bonds. The van der Waals surface area contributed by atoms with Crippen LogP contribution in [0, 0.1) is 5.92 Å². The molecule has 0 aromatic heterocycles. The summed E-state index contributed by atoms with van der Waals surface area (Å²) >= 11 is 1.75. The number of amides is 1. The second kappa shape index (κ2) is 8.98. The van der Waals surface area contributed by atoms with E-state index in [0.717, 1.165) is 64.5 Å². The Bertz CT molecular complexity index is 324. The predicted molar refractivity (Wildman–Crippen MR) is 87.5 cm³/mol. The van der Waals surface area contributed by atoms with Crippen molar-refractivity contribution in [2.45, 2.75) is 25.3 Å². The van der Waals surface area contributed by atoms with Crippen molar-refractivity contribution < 1.29 is 9.53 Å². The number of ether oxygens (including phenoxy) is 1. The SMILES string of the molecule is CSCC[C@H](N)C(=O)N1CCCC(CN2CCOCC2)C1. The molecule has 0 aromatic carbocycles. The zero-order valence-corrected chi connectivity index (χ0v) is 13.9. The van der Waals surface area contributed by atoms with E-state index in [1.807, 2.05) is 4.90 Å². The van der Waals surface area contributed by atoms with Gasteiger partial charge in [-0.1, -0.05) is 0 Å². The number of morpholine rings is 1. The predicted octanol–water partition coefficient (Wildman–Crippen LogP) is 0.638. The maximum Gasteiger partial charge on any atom is 0.239 e. The fourth-order valence-corrected chi connectivity index (χ4v) is 3.66. The Kier molecular flexibility index (Phi) is 7.29. The van der Waals surface area contributed by atoms with E-state index in [1.165, 1.54) is 6.42 Å². The fraction of sp³-hybridized carbons (Fsp3) is 0.933. The number of thioether (sulfide) groups is 1. The van der Waals surface area contributed by atoms with Crippen LogP contribution in [0.5, 0.6) is 0 Å². The highest BCUT2D eigenvalue weighted by Crippen LogP contribution is 2.19. The number of rotatable bonds is 6. The number of carbonyl (C=O) groups excluding carboxylic acids is 1. The standard InChI is InChI=1S/C15H29N3O2S/c1-21-10-4-14(16)15(19)18-5-2-3-13(12-18)11-17-6-8-20-9-7-17/h13-14H,2-12,16H2,1H3/t13?,14-/m0/s1. The second-order valence-corrected chi connectivity index (χ2v) is 7.08. The quantitative estimate of drug-likeness (QED) is 0.779. The third-order valence-electron chi connectivity index (χ3n) is 4.40. The minimum absolute atomic E-state index is 0.149. The van der Waals surface area contributed by atoms with Crippen molar-refractivity contribution in [3.63, 3.8) is 0 Å². The van der Waals surface area contributed by atoms with Crippen molar-refractivity contribution in [2.24, 2.45) is 11.7 Å². The van der Waals surface area contributed by atoms with Gasteiger partial charge in [0.1, 0.15) is 0 Å². The lowest BCUT2D eigenvalue weighted by Crippen LogP contribution is -2.50. The molecule has 0 radical (unpaired) electrons. The Hall–Kier alpha value is -0.300. The number of piperidine rings is 1. The van der Waals surface area contributed by atoms with E-state index >= 15 is 0 Å². The van der Waals surface area contributed by atoms with E-state index in [9.17, 15) is 4.79 Å². The van der Waals surface area contributed by atoms with Crippen LogP contribution < -0.4 is 5.73 Å². The molecule has 2 aliphatic heterocycles. The molecule has 2 aliphatic rings. The van der Waals surface area contributed by atoms with Gasteiger partial charge in [0.2, 0.25) is 5.91 Å². The van der Waals surface area contributed by atoms with Crippen molar-refractivity contribution in [1.82, 2.24) is 9.80 Å². The Labute approximate surface area is 132 Å². The number of nitrogens with two attached hydrogens (primary N) is 1. The van der Waals surface area contributed by atoms with Crippen molar-refractivity contribution in [3.05, 3.63) is 0 Å². The zero-order chi connectivity index (χ0) is 15.1. The molecule has 0 aromatic rings. The number of nitrogens with zero attached hydrogens (tertiary/aromatic N) is 2. The molecule has 122 valence electrons. The molecule has 2 N–H and O–H groups in total. The molecule has 0 saturated carbocycles. The molecule has 2 heterocycles. The first-order valence-corrected chi connectivity index (χ1v) is 9.43.